The zero-order valence-electron chi connectivity index (χ0n) is 11.9. The van der Waals surface area contributed by atoms with Crippen molar-refractivity contribution in [3.63, 3.8) is 0 Å². The third kappa shape index (κ3) is 2.66. The van der Waals surface area contributed by atoms with E-state index in [1.54, 1.807) is 6.07 Å². The minimum absolute atomic E-state index is 0.128. The smallest absolute Gasteiger partial charge is 0.127 e. The molecule has 1 heterocycles. The predicted octanol–water partition coefficient (Wildman–Crippen LogP) is 3.68. The number of fused-ring (bicyclic) bond motifs is 1. The van der Waals surface area contributed by atoms with E-state index in [1.807, 2.05) is 18.2 Å². The van der Waals surface area contributed by atoms with Gasteiger partial charge < -0.3 is 10.1 Å². The van der Waals surface area contributed by atoms with Crippen LogP contribution in [0.5, 0.6) is 5.75 Å². The molecule has 2 aromatic carbocycles. The first-order valence-corrected chi connectivity index (χ1v) is 7.57. The van der Waals surface area contributed by atoms with Crippen LogP contribution in [0.4, 0.5) is 4.39 Å². The van der Waals surface area contributed by atoms with Crippen LogP contribution >= 0.6 is 0 Å². The summed E-state index contributed by atoms with van der Waals surface area (Å²) in [6.07, 6.45) is 3.39. The van der Waals surface area contributed by atoms with E-state index in [-0.39, 0.29) is 5.82 Å². The fourth-order valence-corrected chi connectivity index (χ4v) is 2.80. The second-order valence-corrected chi connectivity index (χ2v) is 5.88. The molecule has 0 radical (unpaired) electrons. The number of benzene rings is 2. The monoisotopic (exact) mass is 283 g/mol. The summed E-state index contributed by atoms with van der Waals surface area (Å²) in [4.78, 5) is 0. The molecule has 0 saturated heterocycles. The van der Waals surface area contributed by atoms with Gasteiger partial charge in [-0.15, -0.1) is 0 Å². The molecule has 4 rings (SSSR count). The van der Waals surface area contributed by atoms with Gasteiger partial charge in [0.2, 0.25) is 0 Å². The van der Waals surface area contributed by atoms with Crippen LogP contribution in [0.25, 0.3) is 11.1 Å². The lowest BCUT2D eigenvalue weighted by atomic mass is 10.00. The van der Waals surface area contributed by atoms with Crippen LogP contribution in [-0.4, -0.2) is 12.6 Å². The molecule has 1 fully saturated rings. The number of halogens is 1. The Morgan fingerprint density at radius 2 is 1.90 bits per heavy atom. The van der Waals surface area contributed by atoms with Crippen molar-refractivity contribution in [2.24, 2.45) is 0 Å². The fraction of sp³-hybridized carbons (Fsp3) is 0.333. The normalized spacial score (nSPS) is 16.6. The minimum atomic E-state index is -0.128. The first-order chi connectivity index (χ1) is 10.3. The van der Waals surface area contributed by atoms with Gasteiger partial charge in [-0.25, -0.2) is 4.39 Å². The molecule has 1 aliphatic heterocycles. The lowest BCUT2D eigenvalue weighted by molar-refractivity contribution is 0.357. The van der Waals surface area contributed by atoms with Crippen molar-refractivity contribution >= 4 is 0 Å². The summed E-state index contributed by atoms with van der Waals surface area (Å²) >= 11 is 0. The van der Waals surface area contributed by atoms with Gasteiger partial charge in [-0.05, 0) is 53.8 Å². The molecule has 0 unspecified atom stereocenters. The molecular formula is C18H18FNO. The van der Waals surface area contributed by atoms with Crippen LogP contribution in [-0.2, 0) is 13.0 Å². The molecule has 21 heavy (non-hydrogen) atoms. The lowest BCUT2D eigenvalue weighted by Gasteiger charge is -2.09. The Morgan fingerprint density at radius 1 is 1.10 bits per heavy atom. The van der Waals surface area contributed by atoms with Gasteiger partial charge in [-0.2, -0.15) is 0 Å². The third-order valence-electron chi connectivity index (χ3n) is 4.23. The van der Waals surface area contributed by atoms with Gasteiger partial charge in [-0.1, -0.05) is 12.1 Å². The summed E-state index contributed by atoms with van der Waals surface area (Å²) in [5, 5.41) is 3.37. The summed E-state index contributed by atoms with van der Waals surface area (Å²) in [5.74, 6) is 0.855. The number of ether oxygens (including phenoxy) is 1. The van der Waals surface area contributed by atoms with Crippen molar-refractivity contribution in [2.45, 2.75) is 31.8 Å². The van der Waals surface area contributed by atoms with E-state index >= 15 is 0 Å². The van der Waals surface area contributed by atoms with Gasteiger partial charge in [0, 0.05) is 24.6 Å². The molecule has 2 aromatic rings. The van der Waals surface area contributed by atoms with Gasteiger partial charge in [0.25, 0.3) is 0 Å². The summed E-state index contributed by atoms with van der Waals surface area (Å²) in [6, 6.07) is 12.2. The van der Waals surface area contributed by atoms with Gasteiger partial charge >= 0.3 is 0 Å². The van der Waals surface area contributed by atoms with E-state index in [1.165, 1.54) is 18.4 Å². The second kappa shape index (κ2) is 5.15. The van der Waals surface area contributed by atoms with Gasteiger partial charge in [0.1, 0.15) is 11.6 Å². The number of rotatable bonds is 4. The molecule has 1 saturated carbocycles. The lowest BCUT2D eigenvalue weighted by Crippen LogP contribution is -2.16. The second-order valence-electron chi connectivity index (χ2n) is 5.88. The summed E-state index contributed by atoms with van der Waals surface area (Å²) < 4.78 is 19.4. The van der Waals surface area contributed by atoms with Crippen LogP contribution in [0.3, 0.4) is 0 Å². The highest BCUT2D eigenvalue weighted by Crippen LogP contribution is 2.31. The molecule has 108 valence electrons. The highest BCUT2D eigenvalue weighted by atomic mass is 19.1. The number of hydrogen-bond donors (Lipinski definition) is 1. The molecule has 0 atom stereocenters. The SMILES string of the molecule is Fc1ccc(-c2ccc3c(c2)CCO3)cc1CNC1CC1. The quantitative estimate of drug-likeness (QED) is 0.924. The van der Waals surface area contributed by atoms with Crippen molar-refractivity contribution in [2.75, 3.05) is 6.61 Å². The first-order valence-electron chi connectivity index (χ1n) is 7.57. The molecule has 0 amide bonds. The summed E-state index contributed by atoms with van der Waals surface area (Å²) in [5.41, 5.74) is 4.19. The van der Waals surface area contributed by atoms with E-state index in [2.05, 4.69) is 17.4 Å². The van der Waals surface area contributed by atoms with E-state index in [9.17, 15) is 4.39 Å². The van der Waals surface area contributed by atoms with Crippen LogP contribution in [0, 0.1) is 5.82 Å². The topological polar surface area (TPSA) is 21.3 Å². The van der Waals surface area contributed by atoms with Crippen molar-refractivity contribution in [3.05, 3.63) is 53.3 Å². The minimum Gasteiger partial charge on any atom is -0.493 e. The Kier molecular flexibility index (Phi) is 3.15. The Morgan fingerprint density at radius 3 is 2.76 bits per heavy atom. The predicted molar refractivity (Wildman–Crippen MR) is 80.9 cm³/mol. The highest BCUT2D eigenvalue weighted by molar-refractivity contribution is 5.67. The largest absolute Gasteiger partial charge is 0.493 e. The van der Waals surface area contributed by atoms with Crippen LogP contribution < -0.4 is 10.1 Å². The maximum Gasteiger partial charge on any atom is 0.127 e. The summed E-state index contributed by atoms with van der Waals surface area (Å²) in [7, 11) is 0. The van der Waals surface area contributed by atoms with Crippen molar-refractivity contribution in [1.29, 1.82) is 0 Å². The Labute approximate surface area is 123 Å². The Bertz CT molecular complexity index is 679. The van der Waals surface area contributed by atoms with Crippen molar-refractivity contribution in [1.82, 2.24) is 5.32 Å². The zero-order valence-corrected chi connectivity index (χ0v) is 11.9. The van der Waals surface area contributed by atoms with Gasteiger partial charge in [0.05, 0.1) is 6.61 Å². The van der Waals surface area contributed by atoms with Crippen LogP contribution in [0.2, 0.25) is 0 Å². The Hall–Kier alpha value is -1.87. The standard InChI is InChI=1S/C18H18FNO/c19-17-5-1-12(10-15(17)11-20-16-3-4-16)13-2-6-18-14(9-13)7-8-21-18/h1-2,5-6,9-10,16,20H,3-4,7-8,11H2. The van der Waals surface area contributed by atoms with E-state index < -0.39 is 0 Å². The molecule has 3 heteroatoms. The Balaban J connectivity index is 1.63. The molecule has 2 nitrogen and oxygen atoms in total. The average molecular weight is 283 g/mol. The zero-order chi connectivity index (χ0) is 14.2. The molecule has 0 aromatic heterocycles. The summed E-state index contributed by atoms with van der Waals surface area (Å²) in [6.45, 7) is 1.37. The molecule has 2 aliphatic rings. The maximum absolute atomic E-state index is 13.9. The average Bonchev–Trinajstić information content (AvgIpc) is 3.21. The van der Waals surface area contributed by atoms with Gasteiger partial charge in [0.15, 0.2) is 0 Å². The molecule has 0 bridgehead atoms. The van der Waals surface area contributed by atoms with Crippen molar-refractivity contribution in [3.8, 4) is 16.9 Å². The highest BCUT2D eigenvalue weighted by Gasteiger charge is 2.20. The molecule has 1 aliphatic carbocycles. The number of nitrogens with one attached hydrogen (secondary N) is 1. The first kappa shape index (κ1) is 12.8. The van der Waals surface area contributed by atoms with Gasteiger partial charge in [-0.3, -0.25) is 0 Å². The van der Waals surface area contributed by atoms with E-state index in [4.69, 9.17) is 4.74 Å². The van der Waals surface area contributed by atoms with Crippen LogP contribution in [0.15, 0.2) is 36.4 Å². The fourth-order valence-electron chi connectivity index (χ4n) is 2.80. The molecule has 1 N–H and O–H groups in total. The molecular weight excluding hydrogens is 265 g/mol. The van der Waals surface area contributed by atoms with Crippen LogP contribution in [0.1, 0.15) is 24.0 Å². The van der Waals surface area contributed by atoms with E-state index in [0.29, 0.717) is 12.6 Å². The molecule has 0 spiro atoms. The third-order valence-corrected chi connectivity index (χ3v) is 4.23. The maximum atomic E-state index is 13.9. The van der Waals surface area contributed by atoms with Crippen molar-refractivity contribution < 1.29 is 9.13 Å². The van der Waals surface area contributed by atoms with E-state index in [0.717, 1.165) is 35.5 Å². The number of hydrogen-bond acceptors (Lipinski definition) is 2.